The molecule has 0 spiro atoms. The zero-order chi connectivity index (χ0) is 14.8. The van der Waals surface area contributed by atoms with Gasteiger partial charge in [-0.15, -0.1) is 0 Å². The molecule has 0 aliphatic carbocycles. The molecule has 0 aliphatic rings. The molecule has 0 saturated carbocycles. The van der Waals surface area contributed by atoms with E-state index >= 15 is 0 Å². The van der Waals surface area contributed by atoms with Crippen molar-refractivity contribution in [1.82, 2.24) is 4.90 Å². The number of hydrogen-bond acceptors (Lipinski definition) is 3. The van der Waals surface area contributed by atoms with Gasteiger partial charge in [-0.3, -0.25) is 9.69 Å². The van der Waals surface area contributed by atoms with Gasteiger partial charge in [-0.1, -0.05) is 24.6 Å². The number of aromatic hydroxyl groups is 1. The van der Waals surface area contributed by atoms with E-state index in [1.54, 1.807) is 19.9 Å². The van der Waals surface area contributed by atoms with Gasteiger partial charge in [0.15, 0.2) is 0 Å². The minimum absolute atomic E-state index is 0.170. The summed E-state index contributed by atoms with van der Waals surface area (Å²) >= 11 is 0. The van der Waals surface area contributed by atoms with E-state index in [0.717, 1.165) is 11.1 Å². The molecule has 1 rings (SSSR count). The number of aryl methyl sites for hydroxylation is 1. The first-order valence-corrected chi connectivity index (χ1v) is 6.51. The minimum Gasteiger partial charge on any atom is -0.508 e. The van der Waals surface area contributed by atoms with Crippen LogP contribution in [-0.4, -0.2) is 33.2 Å². The molecule has 0 aliphatic heterocycles. The Hall–Kier alpha value is -1.55. The summed E-state index contributed by atoms with van der Waals surface area (Å²) in [4.78, 5) is 13.3. The normalized spacial score (nSPS) is 13.6. The summed E-state index contributed by atoms with van der Waals surface area (Å²) in [6.45, 7) is 9.75. The zero-order valence-electron chi connectivity index (χ0n) is 12.3. The van der Waals surface area contributed by atoms with Crippen LogP contribution in [-0.2, 0) is 4.79 Å². The minimum atomic E-state index is -0.982. The number of benzene rings is 1. The third kappa shape index (κ3) is 3.07. The van der Waals surface area contributed by atoms with Crippen molar-refractivity contribution in [1.29, 1.82) is 0 Å². The molecular weight excluding hydrogens is 242 g/mol. The molecule has 0 heterocycles. The van der Waals surface area contributed by atoms with Crippen molar-refractivity contribution < 1.29 is 15.0 Å². The lowest BCUT2D eigenvalue weighted by Crippen LogP contribution is -2.51. The highest BCUT2D eigenvalue weighted by molar-refractivity contribution is 5.77. The van der Waals surface area contributed by atoms with Crippen molar-refractivity contribution in [3.63, 3.8) is 0 Å². The maximum atomic E-state index is 11.4. The van der Waals surface area contributed by atoms with Crippen LogP contribution in [0.1, 0.15) is 44.9 Å². The molecule has 19 heavy (non-hydrogen) atoms. The van der Waals surface area contributed by atoms with E-state index in [-0.39, 0.29) is 11.8 Å². The first-order chi connectivity index (χ1) is 8.71. The third-order valence-electron chi connectivity index (χ3n) is 3.68. The fourth-order valence-electron chi connectivity index (χ4n) is 2.45. The summed E-state index contributed by atoms with van der Waals surface area (Å²) in [7, 11) is 0. The molecule has 0 amide bonds. The SMILES string of the molecule is CCN(C(C)c1cc(C)ccc1O)C(C)(C)C(=O)O. The number of rotatable bonds is 5. The van der Waals surface area contributed by atoms with Crippen molar-refractivity contribution in [2.24, 2.45) is 0 Å². The number of nitrogens with zero attached hydrogens (tertiary/aromatic N) is 1. The quantitative estimate of drug-likeness (QED) is 0.859. The Morgan fingerprint density at radius 1 is 1.42 bits per heavy atom. The molecule has 4 heteroatoms. The zero-order valence-corrected chi connectivity index (χ0v) is 12.3. The van der Waals surface area contributed by atoms with E-state index < -0.39 is 11.5 Å². The monoisotopic (exact) mass is 265 g/mol. The predicted molar refractivity (Wildman–Crippen MR) is 75.4 cm³/mol. The second kappa shape index (κ2) is 5.61. The Morgan fingerprint density at radius 2 is 2.00 bits per heavy atom. The average Bonchev–Trinajstić information content (AvgIpc) is 2.32. The number of phenols is 1. The number of carboxylic acid groups (broad SMARTS) is 1. The standard InChI is InChI=1S/C15H23NO3/c1-6-16(15(4,5)14(18)19)11(3)12-9-10(2)7-8-13(12)17/h7-9,11,17H,6H2,1-5H3,(H,18,19). The van der Waals surface area contributed by atoms with Crippen LogP contribution >= 0.6 is 0 Å². The van der Waals surface area contributed by atoms with Gasteiger partial charge < -0.3 is 10.2 Å². The van der Waals surface area contributed by atoms with E-state index in [0.29, 0.717) is 6.54 Å². The summed E-state index contributed by atoms with van der Waals surface area (Å²) in [5.74, 6) is -0.661. The fourth-order valence-corrected chi connectivity index (χ4v) is 2.45. The molecule has 0 radical (unpaired) electrons. The van der Waals surface area contributed by atoms with Crippen LogP contribution in [0, 0.1) is 6.92 Å². The summed E-state index contributed by atoms with van der Waals surface area (Å²) in [6.07, 6.45) is 0. The lowest BCUT2D eigenvalue weighted by molar-refractivity contribution is -0.150. The lowest BCUT2D eigenvalue weighted by atomic mass is 9.96. The molecule has 1 atom stereocenters. The maximum Gasteiger partial charge on any atom is 0.323 e. The highest BCUT2D eigenvalue weighted by Crippen LogP contribution is 2.33. The van der Waals surface area contributed by atoms with Gasteiger partial charge in [0.25, 0.3) is 0 Å². The molecule has 1 unspecified atom stereocenters. The number of carboxylic acids is 1. The molecule has 0 saturated heterocycles. The highest BCUT2D eigenvalue weighted by atomic mass is 16.4. The van der Waals surface area contributed by atoms with Gasteiger partial charge in [-0.25, -0.2) is 0 Å². The van der Waals surface area contributed by atoms with E-state index in [9.17, 15) is 15.0 Å². The average molecular weight is 265 g/mol. The molecular formula is C15H23NO3. The van der Waals surface area contributed by atoms with Gasteiger partial charge in [0.05, 0.1) is 0 Å². The van der Waals surface area contributed by atoms with Gasteiger partial charge in [0, 0.05) is 11.6 Å². The molecule has 106 valence electrons. The number of phenolic OH excluding ortho intramolecular Hbond substituents is 1. The fraction of sp³-hybridized carbons (Fsp3) is 0.533. The van der Waals surface area contributed by atoms with E-state index in [2.05, 4.69) is 0 Å². The van der Waals surface area contributed by atoms with Crippen molar-refractivity contribution in [2.75, 3.05) is 6.54 Å². The Bertz CT molecular complexity index is 468. The Morgan fingerprint density at radius 3 is 2.47 bits per heavy atom. The second-order valence-electron chi connectivity index (χ2n) is 5.39. The Balaban J connectivity index is 3.19. The lowest BCUT2D eigenvalue weighted by Gasteiger charge is -2.39. The van der Waals surface area contributed by atoms with Crippen LogP contribution in [0.2, 0.25) is 0 Å². The molecule has 0 bridgehead atoms. The van der Waals surface area contributed by atoms with E-state index in [1.165, 1.54) is 0 Å². The first-order valence-electron chi connectivity index (χ1n) is 6.51. The highest BCUT2D eigenvalue weighted by Gasteiger charge is 2.37. The van der Waals surface area contributed by atoms with Gasteiger partial charge in [0.1, 0.15) is 11.3 Å². The summed E-state index contributed by atoms with van der Waals surface area (Å²) < 4.78 is 0. The van der Waals surface area contributed by atoms with E-state index in [1.807, 2.05) is 37.8 Å². The maximum absolute atomic E-state index is 11.4. The van der Waals surface area contributed by atoms with Crippen LogP contribution < -0.4 is 0 Å². The van der Waals surface area contributed by atoms with Crippen molar-refractivity contribution in [3.8, 4) is 5.75 Å². The number of aliphatic carboxylic acids is 1. The first kappa shape index (κ1) is 15.5. The Kier molecular flexibility index (Phi) is 4.58. The molecule has 1 aromatic carbocycles. The summed E-state index contributed by atoms with van der Waals surface area (Å²) in [6, 6.07) is 5.23. The van der Waals surface area contributed by atoms with Gasteiger partial charge in [0.2, 0.25) is 0 Å². The van der Waals surface area contributed by atoms with Crippen molar-refractivity contribution >= 4 is 5.97 Å². The summed E-state index contributed by atoms with van der Waals surface area (Å²) in [5, 5.41) is 19.3. The van der Waals surface area contributed by atoms with Gasteiger partial charge in [-0.2, -0.15) is 0 Å². The number of carbonyl (C=O) groups is 1. The van der Waals surface area contributed by atoms with Gasteiger partial charge >= 0.3 is 5.97 Å². The smallest absolute Gasteiger partial charge is 0.323 e. The second-order valence-corrected chi connectivity index (χ2v) is 5.39. The van der Waals surface area contributed by atoms with Gasteiger partial charge in [-0.05, 0) is 40.3 Å². The van der Waals surface area contributed by atoms with Crippen LogP contribution in [0.5, 0.6) is 5.75 Å². The van der Waals surface area contributed by atoms with Crippen LogP contribution in [0.3, 0.4) is 0 Å². The molecule has 0 fully saturated rings. The molecule has 1 aromatic rings. The number of hydrogen-bond donors (Lipinski definition) is 2. The third-order valence-corrected chi connectivity index (χ3v) is 3.68. The van der Waals surface area contributed by atoms with Crippen molar-refractivity contribution in [3.05, 3.63) is 29.3 Å². The molecule has 2 N–H and O–H groups in total. The largest absolute Gasteiger partial charge is 0.508 e. The topological polar surface area (TPSA) is 60.8 Å². The Labute approximate surface area is 114 Å². The molecule has 0 aromatic heterocycles. The van der Waals surface area contributed by atoms with Crippen LogP contribution in [0.4, 0.5) is 0 Å². The number of likely N-dealkylation sites (N-methyl/N-ethyl adjacent to an activating group) is 1. The summed E-state index contributed by atoms with van der Waals surface area (Å²) in [5.41, 5.74) is 0.824. The van der Waals surface area contributed by atoms with E-state index in [4.69, 9.17) is 0 Å². The van der Waals surface area contributed by atoms with Crippen LogP contribution in [0.25, 0.3) is 0 Å². The molecule has 4 nitrogen and oxygen atoms in total. The predicted octanol–water partition coefficient (Wildman–Crippen LogP) is 2.95. The van der Waals surface area contributed by atoms with Crippen LogP contribution in [0.15, 0.2) is 18.2 Å². The van der Waals surface area contributed by atoms with Crippen molar-refractivity contribution in [2.45, 2.75) is 46.2 Å².